The number of nitrogens with one attached hydrogen (secondary N) is 1. The molecule has 1 fully saturated rings. The van der Waals surface area contributed by atoms with E-state index >= 15 is 0 Å². The van der Waals surface area contributed by atoms with Gasteiger partial charge in [0.15, 0.2) is 0 Å². The lowest BCUT2D eigenvalue weighted by Gasteiger charge is -2.37. The van der Waals surface area contributed by atoms with E-state index < -0.39 is 0 Å². The number of hydrogen-bond acceptors (Lipinski definition) is 5. The van der Waals surface area contributed by atoms with Gasteiger partial charge < -0.3 is 19.9 Å². The van der Waals surface area contributed by atoms with E-state index in [2.05, 4.69) is 11.4 Å². The predicted octanol–water partition coefficient (Wildman–Crippen LogP) is 7.11. The van der Waals surface area contributed by atoms with Crippen molar-refractivity contribution in [2.24, 2.45) is 0 Å². The molecule has 0 spiro atoms. The molecule has 0 bridgehead atoms. The van der Waals surface area contributed by atoms with Gasteiger partial charge in [-0.1, -0.05) is 48.0 Å². The number of carbonyl (C=O) groups excluding carboxylic acids is 2. The normalized spacial score (nSPS) is 16.9. The van der Waals surface area contributed by atoms with Crippen LogP contribution in [0.2, 0.25) is 5.02 Å². The Labute approximate surface area is 250 Å². The lowest BCUT2D eigenvalue weighted by atomic mass is 9.89. The van der Waals surface area contributed by atoms with E-state index in [0.717, 1.165) is 58.2 Å². The minimum atomic E-state index is -0.0388. The summed E-state index contributed by atoms with van der Waals surface area (Å²) in [5.74, 6) is 0.662. The van der Waals surface area contributed by atoms with Crippen molar-refractivity contribution in [1.29, 1.82) is 0 Å². The van der Waals surface area contributed by atoms with E-state index in [4.69, 9.17) is 16.3 Å². The van der Waals surface area contributed by atoms with Crippen LogP contribution in [0.1, 0.15) is 51.3 Å². The maximum absolute atomic E-state index is 14.3. The molecule has 4 aromatic rings. The summed E-state index contributed by atoms with van der Waals surface area (Å²) in [7, 11) is 7.16. The zero-order chi connectivity index (χ0) is 29.1. The summed E-state index contributed by atoms with van der Waals surface area (Å²) in [4.78, 5) is 30.8. The molecule has 1 aromatic heterocycles. The number of rotatable bonds is 8. The standard InChI is InChI=1S/C33H36ClN3O3S/c1-35-25-14-16-26(17-15-25)37(33(39)31-30(34)27-7-5-6-8-29(27)41-31)20-24-19-23(13-18-28(24)40-4)21-9-11-22(12-10-21)32(38)36(2)3/h5-13,18-19,25-26,35H,14-17,20H2,1-4H3. The van der Waals surface area contributed by atoms with Crippen molar-refractivity contribution in [1.82, 2.24) is 15.1 Å². The number of hydrogen-bond donors (Lipinski definition) is 1. The van der Waals surface area contributed by atoms with Crippen LogP contribution < -0.4 is 10.1 Å². The second kappa shape index (κ2) is 12.6. The molecule has 1 N–H and O–H groups in total. The Hall–Kier alpha value is -3.39. The van der Waals surface area contributed by atoms with Crippen LogP contribution in [0.3, 0.4) is 0 Å². The zero-order valence-corrected chi connectivity index (χ0v) is 25.5. The van der Waals surface area contributed by atoms with Gasteiger partial charge in [0.05, 0.1) is 12.1 Å². The van der Waals surface area contributed by atoms with Gasteiger partial charge in [-0.3, -0.25) is 9.59 Å². The molecule has 2 amide bonds. The maximum Gasteiger partial charge on any atom is 0.266 e. The molecule has 6 nitrogen and oxygen atoms in total. The molecule has 0 radical (unpaired) electrons. The number of amides is 2. The van der Waals surface area contributed by atoms with Crippen LogP contribution in [0.15, 0.2) is 66.7 Å². The molecule has 1 heterocycles. The Bertz CT molecular complexity index is 1540. The zero-order valence-electron chi connectivity index (χ0n) is 23.9. The Morgan fingerprint density at radius 2 is 1.63 bits per heavy atom. The highest BCUT2D eigenvalue weighted by Gasteiger charge is 2.32. The topological polar surface area (TPSA) is 61.9 Å². The largest absolute Gasteiger partial charge is 0.496 e. The molecule has 0 saturated heterocycles. The van der Waals surface area contributed by atoms with Crippen LogP contribution in [0, 0.1) is 0 Å². The summed E-state index contributed by atoms with van der Waals surface area (Å²) in [6.07, 6.45) is 3.87. The average molecular weight is 590 g/mol. The third-order valence-electron chi connectivity index (χ3n) is 8.03. The highest BCUT2D eigenvalue weighted by atomic mass is 35.5. The first-order valence-electron chi connectivity index (χ1n) is 13.9. The van der Waals surface area contributed by atoms with Crippen molar-refractivity contribution in [3.8, 4) is 16.9 Å². The van der Waals surface area contributed by atoms with Gasteiger partial charge in [0.25, 0.3) is 11.8 Å². The summed E-state index contributed by atoms with van der Waals surface area (Å²) >= 11 is 8.26. The van der Waals surface area contributed by atoms with Gasteiger partial charge in [0.2, 0.25) is 0 Å². The summed E-state index contributed by atoms with van der Waals surface area (Å²) in [5.41, 5.74) is 3.56. The number of halogens is 1. The predicted molar refractivity (Wildman–Crippen MR) is 168 cm³/mol. The van der Waals surface area contributed by atoms with Crippen LogP contribution in [0.5, 0.6) is 5.75 Å². The van der Waals surface area contributed by atoms with E-state index in [9.17, 15) is 9.59 Å². The first-order chi connectivity index (χ1) is 19.8. The van der Waals surface area contributed by atoms with Gasteiger partial charge in [0, 0.05) is 53.9 Å². The van der Waals surface area contributed by atoms with Gasteiger partial charge in [-0.05, 0) is 74.2 Å². The fraction of sp³-hybridized carbons (Fsp3) is 0.333. The first kappa shape index (κ1) is 29.1. The van der Waals surface area contributed by atoms with E-state index in [-0.39, 0.29) is 17.9 Å². The van der Waals surface area contributed by atoms with Crippen molar-refractivity contribution in [3.63, 3.8) is 0 Å². The highest BCUT2D eigenvalue weighted by Crippen LogP contribution is 2.38. The summed E-state index contributed by atoms with van der Waals surface area (Å²) < 4.78 is 6.78. The molecular weight excluding hydrogens is 554 g/mol. The molecular formula is C33H36ClN3O3S. The van der Waals surface area contributed by atoms with E-state index in [1.165, 1.54) is 11.3 Å². The second-order valence-electron chi connectivity index (χ2n) is 10.8. The monoisotopic (exact) mass is 589 g/mol. The Balaban J connectivity index is 1.50. The smallest absolute Gasteiger partial charge is 0.266 e. The summed E-state index contributed by atoms with van der Waals surface area (Å²) in [6, 6.07) is 22.1. The van der Waals surface area contributed by atoms with Crippen LogP contribution in [-0.2, 0) is 6.54 Å². The third kappa shape index (κ3) is 6.13. The van der Waals surface area contributed by atoms with Gasteiger partial charge in [-0.25, -0.2) is 0 Å². The van der Waals surface area contributed by atoms with Crippen molar-refractivity contribution in [2.45, 2.75) is 44.3 Å². The molecule has 1 saturated carbocycles. The fourth-order valence-corrected chi connectivity index (χ4v) is 7.12. The number of ether oxygens (including phenoxy) is 1. The van der Waals surface area contributed by atoms with Crippen LogP contribution in [-0.4, -0.2) is 62.0 Å². The first-order valence-corrected chi connectivity index (χ1v) is 15.1. The van der Waals surface area contributed by atoms with Crippen LogP contribution in [0.4, 0.5) is 0 Å². The number of nitrogens with zero attached hydrogens (tertiary/aromatic N) is 2. The summed E-state index contributed by atoms with van der Waals surface area (Å²) in [6.45, 7) is 0.409. The highest BCUT2D eigenvalue weighted by molar-refractivity contribution is 7.21. The van der Waals surface area contributed by atoms with Crippen molar-refractivity contribution in [3.05, 3.63) is 87.8 Å². The minimum Gasteiger partial charge on any atom is -0.496 e. The second-order valence-corrected chi connectivity index (χ2v) is 12.2. The van der Waals surface area contributed by atoms with Crippen LogP contribution >= 0.6 is 22.9 Å². The van der Waals surface area contributed by atoms with Gasteiger partial charge in [-0.15, -0.1) is 11.3 Å². The van der Waals surface area contributed by atoms with Gasteiger partial charge >= 0.3 is 0 Å². The number of carbonyl (C=O) groups is 2. The molecule has 1 aliphatic carbocycles. The summed E-state index contributed by atoms with van der Waals surface area (Å²) in [5, 5.41) is 4.84. The van der Waals surface area contributed by atoms with E-state index in [1.54, 1.807) is 26.1 Å². The quantitative estimate of drug-likeness (QED) is 0.238. The minimum absolute atomic E-state index is 0.0333. The van der Waals surface area contributed by atoms with E-state index in [0.29, 0.717) is 28.0 Å². The Kier molecular flexibility index (Phi) is 8.97. The fourth-order valence-electron chi connectivity index (χ4n) is 5.65. The molecule has 8 heteroatoms. The molecule has 214 valence electrons. The molecule has 0 atom stereocenters. The lowest BCUT2D eigenvalue weighted by molar-refractivity contribution is 0.0604. The Morgan fingerprint density at radius 3 is 2.27 bits per heavy atom. The van der Waals surface area contributed by atoms with Crippen molar-refractivity contribution < 1.29 is 14.3 Å². The SMILES string of the molecule is CNC1CCC(N(Cc2cc(-c3ccc(C(=O)N(C)C)cc3)ccc2OC)C(=O)c2sc3ccccc3c2Cl)CC1. The molecule has 41 heavy (non-hydrogen) atoms. The van der Waals surface area contributed by atoms with Gasteiger partial charge in [0.1, 0.15) is 10.6 Å². The van der Waals surface area contributed by atoms with Crippen LogP contribution in [0.25, 0.3) is 21.2 Å². The van der Waals surface area contributed by atoms with Crippen molar-refractivity contribution in [2.75, 3.05) is 28.3 Å². The molecule has 1 aliphatic rings. The third-order valence-corrected chi connectivity index (χ3v) is 9.69. The van der Waals surface area contributed by atoms with Crippen molar-refractivity contribution >= 4 is 44.8 Å². The van der Waals surface area contributed by atoms with E-state index in [1.807, 2.05) is 72.6 Å². The molecule has 0 aliphatic heterocycles. The molecule has 0 unspecified atom stereocenters. The Morgan fingerprint density at radius 1 is 0.951 bits per heavy atom. The maximum atomic E-state index is 14.3. The number of thiophene rings is 1. The van der Waals surface area contributed by atoms with Gasteiger partial charge in [-0.2, -0.15) is 0 Å². The molecule has 3 aromatic carbocycles. The molecule has 5 rings (SSSR count). The number of benzene rings is 3. The lowest BCUT2D eigenvalue weighted by Crippen LogP contribution is -2.44. The number of methoxy groups -OCH3 is 1. The average Bonchev–Trinajstić information content (AvgIpc) is 3.35. The number of fused-ring (bicyclic) bond motifs is 1.